The maximum Gasteiger partial charge on any atom is 0.226 e. The van der Waals surface area contributed by atoms with E-state index in [1.807, 2.05) is 7.05 Å². The second-order valence-electron chi connectivity index (χ2n) is 5.24. The molecule has 7 heteroatoms. The number of nitrogens with one attached hydrogen (secondary N) is 2. The zero-order valence-corrected chi connectivity index (χ0v) is 11.4. The molecule has 1 aliphatic heterocycles. The summed E-state index contributed by atoms with van der Waals surface area (Å²) in [6.45, 7) is 6.49. The zero-order valence-electron chi connectivity index (χ0n) is 11.4. The van der Waals surface area contributed by atoms with Crippen molar-refractivity contribution in [3.05, 3.63) is 6.33 Å². The Balaban J connectivity index is 2.14. The molecule has 0 unspecified atom stereocenters. The van der Waals surface area contributed by atoms with E-state index in [4.69, 9.17) is 4.74 Å². The van der Waals surface area contributed by atoms with Crippen LogP contribution >= 0.6 is 0 Å². The van der Waals surface area contributed by atoms with E-state index in [2.05, 4.69) is 44.0 Å². The summed E-state index contributed by atoms with van der Waals surface area (Å²) in [7, 11) is 1.81. The Bertz CT molecular complexity index is 593. The fraction of sp³-hybridized carbons (Fsp3) is 0.583. The third-order valence-electron chi connectivity index (χ3n) is 3.39. The van der Waals surface area contributed by atoms with Crippen molar-refractivity contribution in [2.75, 3.05) is 37.0 Å². The first-order valence-electron chi connectivity index (χ1n) is 6.36. The van der Waals surface area contributed by atoms with Gasteiger partial charge in [0.05, 0.1) is 25.1 Å². The van der Waals surface area contributed by atoms with Gasteiger partial charge in [0.2, 0.25) is 5.95 Å². The van der Waals surface area contributed by atoms with Gasteiger partial charge in [0, 0.05) is 13.6 Å². The van der Waals surface area contributed by atoms with Gasteiger partial charge in [-0.2, -0.15) is 9.97 Å². The molecule has 0 spiro atoms. The largest absolute Gasteiger partial charge is 0.377 e. The first-order chi connectivity index (χ1) is 9.12. The molecule has 0 aromatic carbocycles. The summed E-state index contributed by atoms with van der Waals surface area (Å²) in [6.07, 6.45) is 1.65. The number of fused-ring (bicyclic) bond motifs is 1. The van der Waals surface area contributed by atoms with Gasteiger partial charge in [-0.25, -0.2) is 4.98 Å². The molecule has 102 valence electrons. The van der Waals surface area contributed by atoms with Gasteiger partial charge in [-0.3, -0.25) is 0 Å². The van der Waals surface area contributed by atoms with E-state index in [0.717, 1.165) is 17.9 Å². The predicted molar refractivity (Wildman–Crippen MR) is 73.5 cm³/mol. The van der Waals surface area contributed by atoms with Crippen molar-refractivity contribution in [1.82, 2.24) is 19.9 Å². The van der Waals surface area contributed by atoms with E-state index >= 15 is 0 Å². The topological polar surface area (TPSA) is 79.0 Å². The number of H-pyrrole nitrogens is 1. The molecule has 2 aromatic heterocycles. The van der Waals surface area contributed by atoms with Crippen LogP contribution in [0.3, 0.4) is 0 Å². The summed E-state index contributed by atoms with van der Waals surface area (Å²) in [5.74, 6) is 1.46. The molecule has 0 amide bonds. The molecule has 1 aliphatic rings. The van der Waals surface area contributed by atoms with Crippen LogP contribution in [0.5, 0.6) is 0 Å². The number of rotatable bonds is 2. The fourth-order valence-corrected chi connectivity index (χ4v) is 2.38. The number of ether oxygens (including phenoxy) is 1. The third kappa shape index (κ3) is 1.99. The molecule has 2 N–H and O–H groups in total. The summed E-state index contributed by atoms with van der Waals surface area (Å²) >= 11 is 0. The average molecular weight is 262 g/mol. The molecule has 3 heterocycles. The summed E-state index contributed by atoms with van der Waals surface area (Å²) < 4.78 is 5.56. The highest BCUT2D eigenvalue weighted by Gasteiger charge is 2.33. The van der Waals surface area contributed by atoms with Crippen LogP contribution in [-0.2, 0) is 4.74 Å². The van der Waals surface area contributed by atoms with Gasteiger partial charge in [-0.15, -0.1) is 0 Å². The van der Waals surface area contributed by atoms with Gasteiger partial charge in [0.25, 0.3) is 0 Å². The number of hydrogen-bond donors (Lipinski definition) is 2. The van der Waals surface area contributed by atoms with Crippen LogP contribution in [0.25, 0.3) is 11.2 Å². The van der Waals surface area contributed by atoms with Crippen molar-refractivity contribution in [1.29, 1.82) is 0 Å². The Kier molecular flexibility index (Phi) is 2.78. The molecule has 7 nitrogen and oxygen atoms in total. The Morgan fingerprint density at radius 2 is 2.26 bits per heavy atom. The SMILES string of the molecule is CNc1nc(N2CCOCC2(C)C)c2[nH]cnc2n1. The van der Waals surface area contributed by atoms with Gasteiger partial charge in [0.1, 0.15) is 5.52 Å². The average Bonchev–Trinajstić information content (AvgIpc) is 2.85. The van der Waals surface area contributed by atoms with Gasteiger partial charge in [-0.05, 0) is 13.8 Å². The number of imidazole rings is 1. The summed E-state index contributed by atoms with van der Waals surface area (Å²) in [4.78, 5) is 18.5. The van der Waals surface area contributed by atoms with Crippen molar-refractivity contribution < 1.29 is 4.74 Å². The minimum absolute atomic E-state index is 0.102. The van der Waals surface area contributed by atoms with Crippen LogP contribution in [0, 0.1) is 0 Å². The standard InChI is InChI=1S/C12H18N6O/c1-12(2)6-19-5-4-18(12)10-8-9(15-7-14-8)16-11(13-3)17-10/h7H,4-6H2,1-3H3,(H2,13,14,15,16,17). The normalized spacial score (nSPS) is 18.8. The Hall–Kier alpha value is -1.89. The van der Waals surface area contributed by atoms with Crippen LogP contribution in [0.1, 0.15) is 13.8 Å². The first-order valence-corrected chi connectivity index (χ1v) is 6.36. The highest BCUT2D eigenvalue weighted by atomic mass is 16.5. The first kappa shape index (κ1) is 12.2. The van der Waals surface area contributed by atoms with Crippen LogP contribution in [0.4, 0.5) is 11.8 Å². The van der Waals surface area contributed by atoms with Gasteiger partial charge in [0.15, 0.2) is 11.5 Å². The van der Waals surface area contributed by atoms with Crippen molar-refractivity contribution in [2.45, 2.75) is 19.4 Å². The van der Waals surface area contributed by atoms with E-state index in [1.54, 1.807) is 6.33 Å². The molecule has 0 aliphatic carbocycles. The van der Waals surface area contributed by atoms with E-state index in [-0.39, 0.29) is 5.54 Å². The number of aromatic amines is 1. The third-order valence-corrected chi connectivity index (χ3v) is 3.39. The Morgan fingerprint density at radius 1 is 1.42 bits per heavy atom. The quantitative estimate of drug-likeness (QED) is 0.841. The zero-order chi connectivity index (χ0) is 13.5. The number of morpholine rings is 1. The summed E-state index contributed by atoms with van der Waals surface area (Å²) in [6, 6.07) is 0. The molecule has 0 bridgehead atoms. The molecule has 0 saturated carbocycles. The molecule has 1 fully saturated rings. The number of aromatic nitrogens is 4. The maximum absolute atomic E-state index is 5.56. The number of nitrogens with zero attached hydrogens (tertiary/aromatic N) is 4. The minimum atomic E-state index is -0.102. The lowest BCUT2D eigenvalue weighted by molar-refractivity contribution is 0.0641. The van der Waals surface area contributed by atoms with Crippen LogP contribution in [0.15, 0.2) is 6.33 Å². The van der Waals surface area contributed by atoms with Gasteiger partial charge >= 0.3 is 0 Å². The Labute approximate surface area is 111 Å². The van der Waals surface area contributed by atoms with E-state index in [1.165, 1.54) is 0 Å². The van der Waals surface area contributed by atoms with Gasteiger partial charge in [-0.1, -0.05) is 0 Å². The fourth-order valence-electron chi connectivity index (χ4n) is 2.38. The van der Waals surface area contributed by atoms with E-state index in [0.29, 0.717) is 24.8 Å². The lowest BCUT2D eigenvalue weighted by Gasteiger charge is -2.43. The van der Waals surface area contributed by atoms with Crippen molar-refractivity contribution in [3.8, 4) is 0 Å². The Morgan fingerprint density at radius 3 is 3.00 bits per heavy atom. The molecule has 0 radical (unpaired) electrons. The molecule has 2 aromatic rings. The second-order valence-corrected chi connectivity index (χ2v) is 5.24. The predicted octanol–water partition coefficient (Wildman–Crippen LogP) is 1.01. The molecular formula is C12H18N6O. The van der Waals surface area contributed by atoms with Crippen molar-refractivity contribution >= 4 is 22.9 Å². The lowest BCUT2D eigenvalue weighted by Crippen LogP contribution is -2.53. The van der Waals surface area contributed by atoms with Crippen LogP contribution in [-0.4, -0.2) is 52.3 Å². The number of anilines is 2. The monoisotopic (exact) mass is 262 g/mol. The van der Waals surface area contributed by atoms with Crippen LogP contribution in [0.2, 0.25) is 0 Å². The molecule has 1 saturated heterocycles. The lowest BCUT2D eigenvalue weighted by atomic mass is 10.0. The van der Waals surface area contributed by atoms with Crippen molar-refractivity contribution in [2.24, 2.45) is 0 Å². The second kappa shape index (κ2) is 4.34. The van der Waals surface area contributed by atoms with Gasteiger partial charge < -0.3 is 19.9 Å². The maximum atomic E-state index is 5.56. The van der Waals surface area contributed by atoms with E-state index in [9.17, 15) is 0 Å². The summed E-state index contributed by atoms with van der Waals surface area (Å²) in [5.41, 5.74) is 1.45. The minimum Gasteiger partial charge on any atom is -0.377 e. The van der Waals surface area contributed by atoms with Crippen LogP contribution < -0.4 is 10.2 Å². The molecule has 19 heavy (non-hydrogen) atoms. The molecule has 3 rings (SSSR count). The molecule has 0 atom stereocenters. The smallest absolute Gasteiger partial charge is 0.226 e. The highest BCUT2D eigenvalue weighted by Crippen LogP contribution is 2.30. The highest BCUT2D eigenvalue weighted by molar-refractivity contribution is 5.84. The summed E-state index contributed by atoms with van der Waals surface area (Å²) in [5, 5.41) is 2.98. The molecular weight excluding hydrogens is 244 g/mol. The number of hydrogen-bond acceptors (Lipinski definition) is 6. The van der Waals surface area contributed by atoms with Crippen molar-refractivity contribution in [3.63, 3.8) is 0 Å². The van der Waals surface area contributed by atoms with E-state index < -0.39 is 0 Å².